The van der Waals surface area contributed by atoms with Gasteiger partial charge in [0.2, 0.25) is 0 Å². The average Bonchev–Trinajstić information content (AvgIpc) is 2.91. The zero-order valence-electron chi connectivity index (χ0n) is 29.2. The lowest BCUT2D eigenvalue weighted by Gasteiger charge is -2.71. The van der Waals surface area contributed by atoms with Gasteiger partial charge in [-0.3, -0.25) is 4.79 Å². The van der Waals surface area contributed by atoms with Gasteiger partial charge in [-0.2, -0.15) is 0 Å². The predicted molar refractivity (Wildman–Crippen MR) is 172 cm³/mol. The van der Waals surface area contributed by atoms with Crippen molar-refractivity contribution < 1.29 is 24.1 Å². The van der Waals surface area contributed by atoms with Crippen LogP contribution < -0.4 is 5.73 Å². The molecule has 6 heteroatoms. The van der Waals surface area contributed by atoms with Gasteiger partial charge in [0.25, 0.3) is 0 Å². The van der Waals surface area contributed by atoms with Crippen LogP contribution >= 0.6 is 0 Å². The number of ether oxygens (including phenoxy) is 3. The summed E-state index contributed by atoms with van der Waals surface area (Å²) in [5.74, 6) is 0.907. The Labute approximate surface area is 262 Å². The maximum absolute atomic E-state index is 13.3. The van der Waals surface area contributed by atoms with E-state index in [0.29, 0.717) is 42.8 Å². The van der Waals surface area contributed by atoms with Crippen molar-refractivity contribution in [3.8, 4) is 0 Å². The highest BCUT2D eigenvalue weighted by atomic mass is 16.5. The van der Waals surface area contributed by atoms with E-state index in [2.05, 4.69) is 75.3 Å². The van der Waals surface area contributed by atoms with Crippen LogP contribution in [-0.4, -0.2) is 55.8 Å². The zero-order chi connectivity index (χ0) is 32.0. The molecule has 1 heterocycles. The zero-order valence-corrected chi connectivity index (χ0v) is 29.2. The standard InChI is InChI=1S/C37H63NO5/c1-22(2)24(5)32(6)16-17-34(8)25-12-13-28-33(7)19-42-21-37(28,26(25)14-15-35(34,9)29(32)31(39)40)18-27(41-11)30(33)43-20-36(10,38)23(3)4/h14,22-25,27-30H,12-13,15-21,38H2,1-11H3,(H,39,40)/t24-,25+,27?,28+,29-,30+,32-,33+,34-,35+,36+,37+/m1/s1. The van der Waals surface area contributed by atoms with Gasteiger partial charge in [0, 0.05) is 23.5 Å². The van der Waals surface area contributed by atoms with Crippen LogP contribution in [0, 0.1) is 62.6 Å². The first-order chi connectivity index (χ1) is 19.9. The third-order valence-corrected chi connectivity index (χ3v) is 15.3. The lowest BCUT2D eigenvalue weighted by atomic mass is 9.34. The van der Waals surface area contributed by atoms with Gasteiger partial charge < -0.3 is 25.1 Å². The first-order valence-corrected chi connectivity index (χ1v) is 17.3. The second-order valence-corrected chi connectivity index (χ2v) is 17.7. The van der Waals surface area contributed by atoms with Crippen LogP contribution in [0.3, 0.4) is 0 Å². The van der Waals surface area contributed by atoms with Crippen molar-refractivity contribution in [1.29, 1.82) is 0 Å². The van der Waals surface area contributed by atoms with Crippen LogP contribution in [0.1, 0.15) is 108 Å². The number of carboxylic acids is 1. The van der Waals surface area contributed by atoms with Crippen LogP contribution in [0.5, 0.6) is 0 Å². The van der Waals surface area contributed by atoms with Crippen molar-refractivity contribution in [3.05, 3.63) is 11.6 Å². The monoisotopic (exact) mass is 601 g/mol. The van der Waals surface area contributed by atoms with E-state index in [9.17, 15) is 9.90 Å². The molecule has 1 aliphatic heterocycles. The number of nitrogens with two attached hydrogens (primary N) is 1. The average molecular weight is 602 g/mol. The third kappa shape index (κ3) is 4.57. The molecule has 12 atom stereocenters. The molecule has 6 nitrogen and oxygen atoms in total. The topological polar surface area (TPSA) is 91.0 Å². The molecule has 3 saturated carbocycles. The number of carboxylic acid groups (broad SMARTS) is 1. The number of hydrogen-bond donors (Lipinski definition) is 2. The molecule has 1 unspecified atom stereocenters. The molecule has 0 radical (unpaired) electrons. The molecule has 4 aliphatic carbocycles. The highest BCUT2D eigenvalue weighted by Gasteiger charge is 2.71. The van der Waals surface area contributed by atoms with Crippen LogP contribution in [-0.2, 0) is 19.0 Å². The first-order valence-electron chi connectivity index (χ1n) is 17.3. The molecule has 43 heavy (non-hydrogen) atoms. The quantitative estimate of drug-likeness (QED) is 0.283. The van der Waals surface area contributed by atoms with E-state index < -0.39 is 11.5 Å². The Balaban J connectivity index is 1.55. The molecule has 0 spiro atoms. The third-order valence-electron chi connectivity index (χ3n) is 15.3. The number of rotatable bonds is 8. The maximum atomic E-state index is 13.3. The summed E-state index contributed by atoms with van der Waals surface area (Å²) >= 11 is 0. The van der Waals surface area contributed by atoms with Gasteiger partial charge in [-0.15, -0.1) is 0 Å². The molecule has 246 valence electrons. The van der Waals surface area contributed by atoms with Crippen LogP contribution in [0.2, 0.25) is 0 Å². The number of carbonyl (C=O) groups is 1. The van der Waals surface area contributed by atoms with Gasteiger partial charge in [-0.25, -0.2) is 0 Å². The minimum Gasteiger partial charge on any atom is -0.481 e. The summed E-state index contributed by atoms with van der Waals surface area (Å²) in [4.78, 5) is 13.3. The summed E-state index contributed by atoms with van der Waals surface area (Å²) in [6.07, 6.45) is 8.36. The summed E-state index contributed by atoms with van der Waals surface area (Å²) in [7, 11) is 1.84. The van der Waals surface area contributed by atoms with E-state index >= 15 is 0 Å². The molecule has 0 aromatic rings. The number of fused-ring (bicyclic) bond motifs is 3. The van der Waals surface area contributed by atoms with E-state index in [1.807, 2.05) is 7.11 Å². The van der Waals surface area contributed by atoms with Crippen molar-refractivity contribution in [2.24, 2.45) is 68.3 Å². The molecular weight excluding hydrogens is 538 g/mol. The second-order valence-electron chi connectivity index (χ2n) is 17.7. The van der Waals surface area contributed by atoms with Crippen LogP contribution in [0.15, 0.2) is 11.6 Å². The van der Waals surface area contributed by atoms with Crippen molar-refractivity contribution >= 4 is 5.97 Å². The van der Waals surface area contributed by atoms with E-state index in [-0.39, 0.29) is 45.2 Å². The van der Waals surface area contributed by atoms with Crippen molar-refractivity contribution in [1.82, 2.24) is 0 Å². The molecule has 0 aromatic carbocycles. The fourth-order valence-corrected chi connectivity index (χ4v) is 11.5. The minimum absolute atomic E-state index is 0.0396. The SMILES string of the molecule is COC1C[C@@]23COC[C@@](C)([C@@H]2CC[C@H]2C3=CC[C@@]3(C)[C@H](C(=O)O)[C@@](C)([C@H](C)C(C)C)CC[C@]23C)[C@H]1OC[C@](C)(N)C(C)C. The molecule has 0 aromatic heterocycles. The van der Waals surface area contributed by atoms with Gasteiger partial charge in [0.05, 0.1) is 37.9 Å². The molecular formula is C37H63NO5. The lowest BCUT2D eigenvalue weighted by molar-refractivity contribution is -0.269. The number of methoxy groups -OCH3 is 1. The fourth-order valence-electron chi connectivity index (χ4n) is 11.5. The summed E-state index contributed by atoms with van der Waals surface area (Å²) in [5.41, 5.74) is 6.91. The largest absolute Gasteiger partial charge is 0.481 e. The van der Waals surface area contributed by atoms with Gasteiger partial charge in [-0.1, -0.05) is 74.0 Å². The normalized spacial score (nSPS) is 48.0. The summed E-state index contributed by atoms with van der Waals surface area (Å²) in [5, 5.41) is 10.9. The molecule has 2 bridgehead atoms. The van der Waals surface area contributed by atoms with Crippen molar-refractivity contribution in [2.75, 3.05) is 26.9 Å². The smallest absolute Gasteiger partial charge is 0.307 e. The minimum atomic E-state index is -0.605. The Morgan fingerprint density at radius 1 is 1.09 bits per heavy atom. The highest BCUT2D eigenvalue weighted by molar-refractivity contribution is 5.73. The molecule has 3 N–H and O–H groups in total. The van der Waals surface area contributed by atoms with E-state index in [0.717, 1.165) is 45.1 Å². The van der Waals surface area contributed by atoms with Crippen LogP contribution in [0.4, 0.5) is 0 Å². The number of aliphatic carboxylic acids is 1. The predicted octanol–water partition coefficient (Wildman–Crippen LogP) is 7.35. The van der Waals surface area contributed by atoms with Gasteiger partial charge in [-0.05, 0) is 91.3 Å². The summed E-state index contributed by atoms with van der Waals surface area (Å²) in [6.45, 7) is 24.5. The van der Waals surface area contributed by atoms with Crippen molar-refractivity contribution in [2.45, 2.75) is 126 Å². The Morgan fingerprint density at radius 3 is 2.35 bits per heavy atom. The van der Waals surface area contributed by atoms with E-state index in [4.69, 9.17) is 19.9 Å². The molecule has 5 aliphatic rings. The van der Waals surface area contributed by atoms with E-state index in [1.54, 1.807) is 5.57 Å². The first kappa shape index (κ1) is 33.4. The fraction of sp³-hybridized carbons (Fsp3) is 0.919. The molecule has 4 fully saturated rings. The Bertz CT molecular complexity index is 1120. The van der Waals surface area contributed by atoms with Gasteiger partial charge >= 0.3 is 5.97 Å². The van der Waals surface area contributed by atoms with Crippen LogP contribution in [0.25, 0.3) is 0 Å². The molecule has 5 rings (SSSR count). The Morgan fingerprint density at radius 2 is 1.77 bits per heavy atom. The highest BCUT2D eigenvalue weighted by Crippen LogP contribution is 2.75. The molecule has 1 saturated heterocycles. The lowest BCUT2D eigenvalue weighted by Crippen LogP contribution is -2.70. The maximum Gasteiger partial charge on any atom is 0.307 e. The molecule has 0 amide bonds. The number of hydrogen-bond acceptors (Lipinski definition) is 5. The number of allylic oxidation sites excluding steroid dienone is 1. The second kappa shape index (κ2) is 10.8. The van der Waals surface area contributed by atoms with Crippen molar-refractivity contribution in [3.63, 3.8) is 0 Å². The Hall–Kier alpha value is -0.950. The summed E-state index contributed by atoms with van der Waals surface area (Å²) < 4.78 is 19.7. The Kier molecular flexibility index (Phi) is 8.40. The van der Waals surface area contributed by atoms with Gasteiger partial charge in [0.1, 0.15) is 0 Å². The van der Waals surface area contributed by atoms with E-state index in [1.165, 1.54) is 0 Å². The van der Waals surface area contributed by atoms with Gasteiger partial charge in [0.15, 0.2) is 0 Å². The summed E-state index contributed by atoms with van der Waals surface area (Å²) in [6, 6.07) is 0.